The van der Waals surface area contributed by atoms with Gasteiger partial charge in [-0.2, -0.15) is 0 Å². The van der Waals surface area contributed by atoms with Crippen LogP contribution in [-0.2, 0) is 28.8 Å². The molecule has 3 aromatic rings. The van der Waals surface area contributed by atoms with Crippen LogP contribution in [0.4, 0.5) is 0 Å². The number of pyridine rings is 1. The van der Waals surface area contributed by atoms with Crippen molar-refractivity contribution in [1.29, 1.82) is 0 Å². The lowest BCUT2D eigenvalue weighted by atomic mass is 9.84. The Bertz CT molecular complexity index is 1940. The van der Waals surface area contributed by atoms with E-state index in [9.17, 15) is 24.0 Å². The zero-order chi connectivity index (χ0) is 41.5. The van der Waals surface area contributed by atoms with Gasteiger partial charge in [0.25, 0.3) is 5.91 Å². The van der Waals surface area contributed by atoms with E-state index in [0.717, 1.165) is 36.8 Å². The largest absolute Gasteiger partial charge is 0.344 e. The number of carbonyl (C=O) groups is 5. The van der Waals surface area contributed by atoms with E-state index < -0.39 is 58.7 Å². The minimum Gasteiger partial charge on any atom is -0.344 e. The molecule has 4 amide bonds. The minimum atomic E-state index is -1.18. The topological polar surface area (TPSA) is 159 Å². The first-order chi connectivity index (χ1) is 27.8. The molecular formula is C45H55ClN6O6. The summed E-state index contributed by atoms with van der Waals surface area (Å²) in [4.78, 5) is 82.6. The van der Waals surface area contributed by atoms with Crippen molar-refractivity contribution in [2.45, 2.75) is 115 Å². The molecule has 5 atom stereocenters. The molecule has 1 saturated carbocycles. The molecule has 58 heavy (non-hydrogen) atoms. The van der Waals surface area contributed by atoms with Crippen molar-refractivity contribution in [1.82, 2.24) is 31.3 Å². The van der Waals surface area contributed by atoms with Crippen LogP contribution in [0.5, 0.6) is 0 Å². The molecule has 0 bridgehead atoms. The van der Waals surface area contributed by atoms with E-state index in [2.05, 4.69) is 26.4 Å². The number of benzene rings is 2. The highest BCUT2D eigenvalue weighted by Gasteiger charge is 2.54. The molecule has 3 aliphatic rings. The first-order valence-electron chi connectivity index (χ1n) is 20.4. The van der Waals surface area contributed by atoms with Crippen LogP contribution in [-0.4, -0.2) is 69.6 Å². The molecule has 1 aromatic heterocycles. The number of likely N-dealkylation sites (tertiary alicyclic amines) is 1. The quantitative estimate of drug-likeness (QED) is 0.140. The molecule has 0 radical (unpaired) electrons. The summed E-state index contributed by atoms with van der Waals surface area (Å²) in [6, 6.07) is 17.8. The third-order valence-corrected chi connectivity index (χ3v) is 11.5. The van der Waals surface area contributed by atoms with Crippen LogP contribution in [0.25, 0.3) is 5.70 Å². The molecule has 12 nitrogen and oxygen atoms in total. The number of hydrogen-bond donors (Lipinski definition) is 4. The summed E-state index contributed by atoms with van der Waals surface area (Å²) in [5.74, 6) is -2.67. The smallest absolute Gasteiger partial charge is 0.290 e. The molecule has 308 valence electrons. The number of hydrogen-bond acceptors (Lipinski definition) is 8. The van der Waals surface area contributed by atoms with Gasteiger partial charge in [-0.15, -0.1) is 0 Å². The van der Waals surface area contributed by atoms with Gasteiger partial charge in [-0.1, -0.05) is 114 Å². The van der Waals surface area contributed by atoms with Crippen LogP contribution in [0.15, 0.2) is 85.1 Å². The summed E-state index contributed by atoms with van der Waals surface area (Å²) in [5.41, 5.74) is 3.81. The van der Waals surface area contributed by atoms with Crippen molar-refractivity contribution in [3.8, 4) is 0 Å². The average molecular weight is 811 g/mol. The second-order valence-corrected chi connectivity index (χ2v) is 17.3. The molecular weight excluding hydrogens is 756 g/mol. The van der Waals surface area contributed by atoms with Gasteiger partial charge in [0.15, 0.2) is 0 Å². The van der Waals surface area contributed by atoms with E-state index in [1.807, 2.05) is 76.2 Å². The van der Waals surface area contributed by atoms with Crippen LogP contribution in [0.3, 0.4) is 0 Å². The predicted octanol–water partition coefficient (Wildman–Crippen LogP) is 6.21. The Hall–Kier alpha value is -5.07. The standard InChI is InChI=1S/C45H55ClN6O6/c1-5-15-34(39(54)42(56)50-38(30-18-10-7-11-19-30)33-22-12-13-23-47-33)48-41(55)36-27-45(26-35(51-58-45)31-20-14-21-32(46)25-31)28-52(36)43(57)40(44(2,3)4)49-37(53)24-29-16-8-6-9-17-29/h7,10-14,18-23,25-26,29,34,36,38,40,51H,5-6,8-9,15-17,24,27-28H2,1-4H3,(H,48,55)(H,49,53)(H,50,56)/t34-,36-,38?,40+,45+/m0/s1. The second kappa shape index (κ2) is 18.7. The molecule has 1 unspecified atom stereocenters. The maximum atomic E-state index is 14.8. The van der Waals surface area contributed by atoms with Crippen molar-refractivity contribution in [2.24, 2.45) is 11.3 Å². The zero-order valence-electron chi connectivity index (χ0n) is 33.8. The van der Waals surface area contributed by atoms with Gasteiger partial charge >= 0.3 is 0 Å². The molecule has 1 saturated heterocycles. The van der Waals surface area contributed by atoms with Gasteiger partial charge in [0, 0.05) is 29.6 Å². The Morgan fingerprint density at radius 2 is 1.69 bits per heavy atom. The summed E-state index contributed by atoms with van der Waals surface area (Å²) >= 11 is 6.30. The van der Waals surface area contributed by atoms with Crippen LogP contribution < -0.4 is 21.4 Å². The van der Waals surface area contributed by atoms with Crippen molar-refractivity contribution >= 4 is 46.7 Å². The minimum absolute atomic E-state index is 0.0121. The van der Waals surface area contributed by atoms with E-state index in [4.69, 9.17) is 16.4 Å². The number of ketones is 1. The molecule has 3 heterocycles. The Balaban J connectivity index is 1.26. The third-order valence-electron chi connectivity index (χ3n) is 11.3. The maximum Gasteiger partial charge on any atom is 0.290 e. The van der Waals surface area contributed by atoms with Crippen LogP contribution in [0.2, 0.25) is 5.02 Å². The highest BCUT2D eigenvalue weighted by molar-refractivity contribution is 6.38. The van der Waals surface area contributed by atoms with E-state index in [1.54, 1.807) is 36.5 Å². The highest BCUT2D eigenvalue weighted by Crippen LogP contribution is 2.39. The van der Waals surface area contributed by atoms with E-state index in [0.29, 0.717) is 29.3 Å². The fourth-order valence-corrected chi connectivity index (χ4v) is 8.41. The SMILES string of the molecule is CCC[C@H](NC(=O)[C@@H]1C[C@]2(C=C(c3cccc(Cl)c3)NO2)CN1C(=O)[C@@H](NC(=O)CC1CCCCC1)C(C)(C)C)C(=O)C(=O)NC(c1ccccc1)c1ccccn1. The highest BCUT2D eigenvalue weighted by atomic mass is 35.5. The molecule has 6 rings (SSSR count). The fourth-order valence-electron chi connectivity index (χ4n) is 8.22. The lowest BCUT2D eigenvalue weighted by molar-refractivity contribution is -0.145. The average Bonchev–Trinajstić information content (AvgIpc) is 3.82. The number of Topliss-reactive ketones (excluding diaryl/α,β-unsaturated/α-hetero) is 1. The fraction of sp³-hybridized carbons (Fsp3) is 0.467. The second-order valence-electron chi connectivity index (χ2n) is 16.9. The van der Waals surface area contributed by atoms with Crippen LogP contribution in [0.1, 0.15) is 108 Å². The molecule has 13 heteroatoms. The number of carbonyl (C=O) groups excluding carboxylic acids is 5. The Morgan fingerprint density at radius 3 is 2.36 bits per heavy atom. The van der Waals surface area contributed by atoms with Gasteiger partial charge in [0.1, 0.15) is 17.7 Å². The van der Waals surface area contributed by atoms with Crippen molar-refractivity contribution in [2.75, 3.05) is 6.54 Å². The molecule has 2 aromatic carbocycles. The molecule has 2 aliphatic heterocycles. The molecule has 2 fully saturated rings. The normalized spacial score (nSPS) is 21.0. The van der Waals surface area contributed by atoms with Crippen molar-refractivity contribution < 1.29 is 28.8 Å². The predicted molar refractivity (Wildman–Crippen MR) is 222 cm³/mol. The third kappa shape index (κ3) is 10.3. The number of rotatable bonds is 14. The number of hydroxylamine groups is 1. The lowest BCUT2D eigenvalue weighted by Crippen LogP contribution is -2.59. The number of halogens is 1. The molecule has 4 N–H and O–H groups in total. The van der Waals surface area contributed by atoms with E-state index in [1.165, 1.54) is 11.3 Å². The monoisotopic (exact) mass is 810 g/mol. The zero-order valence-corrected chi connectivity index (χ0v) is 34.5. The Morgan fingerprint density at radius 1 is 0.948 bits per heavy atom. The summed E-state index contributed by atoms with van der Waals surface area (Å²) in [6.07, 6.45) is 9.82. The van der Waals surface area contributed by atoms with Gasteiger partial charge in [-0.05, 0) is 66.5 Å². The van der Waals surface area contributed by atoms with Crippen molar-refractivity contribution in [3.05, 3.63) is 107 Å². The van der Waals surface area contributed by atoms with Crippen LogP contribution >= 0.6 is 11.6 Å². The molecule has 1 aliphatic carbocycles. The van der Waals surface area contributed by atoms with Crippen LogP contribution in [0, 0.1) is 11.3 Å². The number of amides is 4. The summed E-state index contributed by atoms with van der Waals surface area (Å²) in [6.45, 7) is 7.48. The van der Waals surface area contributed by atoms with E-state index in [-0.39, 0.29) is 31.2 Å². The summed E-state index contributed by atoms with van der Waals surface area (Å²) in [7, 11) is 0. The van der Waals surface area contributed by atoms with Gasteiger partial charge in [0.2, 0.25) is 23.5 Å². The first kappa shape index (κ1) is 42.5. The molecule has 1 spiro atoms. The number of nitrogens with one attached hydrogen (secondary N) is 4. The lowest BCUT2D eigenvalue weighted by Gasteiger charge is -2.36. The van der Waals surface area contributed by atoms with E-state index >= 15 is 0 Å². The van der Waals surface area contributed by atoms with Gasteiger partial charge in [-0.3, -0.25) is 39.3 Å². The Labute approximate surface area is 345 Å². The summed E-state index contributed by atoms with van der Waals surface area (Å²) in [5, 5.41) is 9.27. The Kier molecular flexibility index (Phi) is 13.7. The number of nitrogens with zero attached hydrogens (tertiary/aromatic N) is 2. The van der Waals surface area contributed by atoms with Crippen molar-refractivity contribution in [3.63, 3.8) is 0 Å². The maximum absolute atomic E-state index is 14.8. The first-order valence-corrected chi connectivity index (χ1v) is 20.8. The van der Waals surface area contributed by atoms with Gasteiger partial charge in [0.05, 0.1) is 30.0 Å². The number of aromatic nitrogens is 1. The van der Waals surface area contributed by atoms with Gasteiger partial charge in [-0.25, -0.2) is 0 Å². The van der Waals surface area contributed by atoms with Gasteiger partial charge < -0.3 is 20.9 Å². The summed E-state index contributed by atoms with van der Waals surface area (Å²) < 4.78 is 0.